The Morgan fingerprint density at radius 3 is 2.59 bits per heavy atom. The number of aliphatic hydroxyl groups is 1. The topological polar surface area (TPSA) is 44.0 Å². The summed E-state index contributed by atoms with van der Waals surface area (Å²) < 4.78 is 0. The second-order valence-corrected chi connectivity index (χ2v) is 6.32. The smallest absolute Gasteiger partial charge is 0.0865 e. The molecule has 2 heteroatoms. The van der Waals surface area contributed by atoms with Crippen LogP contribution in [0.5, 0.6) is 0 Å². The molecule has 2 aliphatic carbocycles. The quantitative estimate of drug-likeness (QED) is 0.794. The molecule has 0 spiro atoms. The van der Waals surface area contributed by atoms with E-state index in [1.54, 1.807) is 0 Å². The van der Waals surface area contributed by atoms with Gasteiger partial charge in [0.15, 0.2) is 0 Å². The van der Waals surface area contributed by atoms with Crippen molar-refractivity contribution in [2.24, 2.45) is 17.3 Å². The monoisotopic (exact) mass is 235 g/mol. The van der Waals surface area contributed by atoms with E-state index in [-0.39, 0.29) is 0 Å². The van der Waals surface area contributed by atoms with Gasteiger partial charge in [-0.2, -0.15) is 5.26 Å². The molecular formula is C15H25NO. The molecule has 0 radical (unpaired) electrons. The van der Waals surface area contributed by atoms with Crippen LogP contribution in [0.15, 0.2) is 0 Å². The first kappa shape index (κ1) is 12.9. The van der Waals surface area contributed by atoms with Crippen LogP contribution in [0, 0.1) is 28.6 Å². The van der Waals surface area contributed by atoms with Crippen molar-refractivity contribution < 1.29 is 5.11 Å². The molecule has 2 nitrogen and oxygen atoms in total. The summed E-state index contributed by atoms with van der Waals surface area (Å²) in [7, 11) is 0. The summed E-state index contributed by atoms with van der Waals surface area (Å²) in [4.78, 5) is 0. The molecule has 17 heavy (non-hydrogen) atoms. The molecule has 4 atom stereocenters. The van der Waals surface area contributed by atoms with Crippen molar-refractivity contribution in [2.75, 3.05) is 0 Å². The minimum absolute atomic E-state index is 0.334. The maximum atomic E-state index is 11.2. The maximum Gasteiger partial charge on any atom is 0.0865 e. The van der Waals surface area contributed by atoms with E-state index in [4.69, 9.17) is 0 Å². The number of nitrogens with zero attached hydrogens (tertiary/aromatic N) is 1. The van der Waals surface area contributed by atoms with Crippen LogP contribution in [0.1, 0.15) is 65.2 Å². The van der Waals surface area contributed by atoms with Crippen molar-refractivity contribution in [3.05, 3.63) is 0 Å². The third-order valence-corrected chi connectivity index (χ3v) is 5.33. The van der Waals surface area contributed by atoms with Gasteiger partial charge in [-0.1, -0.05) is 33.1 Å². The largest absolute Gasteiger partial charge is 0.388 e. The first-order valence-electron chi connectivity index (χ1n) is 7.21. The van der Waals surface area contributed by atoms with Gasteiger partial charge in [0.25, 0.3) is 0 Å². The van der Waals surface area contributed by atoms with Gasteiger partial charge in [0, 0.05) is 0 Å². The van der Waals surface area contributed by atoms with Crippen LogP contribution in [0.25, 0.3) is 0 Å². The molecule has 0 saturated heterocycles. The Morgan fingerprint density at radius 2 is 2.06 bits per heavy atom. The lowest BCUT2D eigenvalue weighted by atomic mass is 9.59. The molecule has 0 aliphatic heterocycles. The Labute approximate surface area is 105 Å². The van der Waals surface area contributed by atoms with E-state index >= 15 is 0 Å². The van der Waals surface area contributed by atoms with E-state index in [1.807, 2.05) is 0 Å². The van der Waals surface area contributed by atoms with Gasteiger partial charge in [0.2, 0.25) is 0 Å². The third-order valence-electron chi connectivity index (χ3n) is 5.33. The van der Waals surface area contributed by atoms with Crippen molar-refractivity contribution in [3.63, 3.8) is 0 Å². The van der Waals surface area contributed by atoms with Crippen LogP contribution in [-0.2, 0) is 0 Å². The van der Waals surface area contributed by atoms with E-state index in [2.05, 4.69) is 19.9 Å². The van der Waals surface area contributed by atoms with Crippen molar-refractivity contribution in [1.82, 2.24) is 0 Å². The molecule has 1 N–H and O–H groups in total. The first-order valence-corrected chi connectivity index (χ1v) is 7.21. The highest BCUT2D eigenvalue weighted by atomic mass is 16.3. The van der Waals surface area contributed by atoms with E-state index < -0.39 is 11.0 Å². The zero-order valence-electron chi connectivity index (χ0n) is 11.2. The third kappa shape index (κ3) is 1.89. The average Bonchev–Trinajstić information content (AvgIpc) is 2.73. The van der Waals surface area contributed by atoms with Crippen molar-refractivity contribution >= 4 is 0 Å². The highest BCUT2D eigenvalue weighted by Crippen LogP contribution is 2.56. The number of hydrogen-bond acceptors (Lipinski definition) is 2. The van der Waals surface area contributed by atoms with Gasteiger partial charge in [-0.3, -0.25) is 0 Å². The van der Waals surface area contributed by atoms with Crippen LogP contribution >= 0.6 is 0 Å². The van der Waals surface area contributed by atoms with Gasteiger partial charge in [-0.05, 0) is 43.9 Å². The Hall–Kier alpha value is -0.550. The van der Waals surface area contributed by atoms with E-state index in [9.17, 15) is 10.4 Å². The fraction of sp³-hybridized carbons (Fsp3) is 0.933. The summed E-state index contributed by atoms with van der Waals surface area (Å²) in [5.74, 6) is 0.930. The number of hydrogen-bond donors (Lipinski definition) is 1. The van der Waals surface area contributed by atoms with Crippen molar-refractivity contribution in [3.8, 4) is 6.07 Å². The minimum Gasteiger partial charge on any atom is -0.388 e. The molecule has 2 rings (SSSR count). The van der Waals surface area contributed by atoms with Gasteiger partial charge in [-0.25, -0.2) is 0 Å². The molecule has 4 unspecified atom stereocenters. The number of rotatable bonds is 2. The average molecular weight is 235 g/mol. The zero-order valence-corrected chi connectivity index (χ0v) is 11.2. The lowest BCUT2D eigenvalue weighted by Crippen LogP contribution is -2.53. The molecule has 0 heterocycles. The Balaban J connectivity index is 2.31. The Bertz CT molecular complexity index is 321. The zero-order chi connectivity index (χ0) is 12.5. The molecular weight excluding hydrogens is 210 g/mol. The van der Waals surface area contributed by atoms with Gasteiger partial charge in [-0.15, -0.1) is 0 Å². The van der Waals surface area contributed by atoms with Gasteiger partial charge in [0.05, 0.1) is 17.1 Å². The summed E-state index contributed by atoms with van der Waals surface area (Å²) in [5, 5.41) is 20.8. The summed E-state index contributed by atoms with van der Waals surface area (Å²) in [6.07, 6.45) is 8.16. The minimum atomic E-state index is -0.709. The van der Waals surface area contributed by atoms with Crippen molar-refractivity contribution in [2.45, 2.75) is 70.8 Å². The molecule has 2 fully saturated rings. The predicted octanol–water partition coefficient (Wildman–Crippen LogP) is 3.65. The summed E-state index contributed by atoms with van der Waals surface area (Å²) >= 11 is 0. The highest BCUT2D eigenvalue weighted by Gasteiger charge is 2.57. The Morgan fingerprint density at radius 1 is 1.29 bits per heavy atom. The highest BCUT2D eigenvalue weighted by molar-refractivity contribution is 5.17. The summed E-state index contributed by atoms with van der Waals surface area (Å²) in [6, 6.07) is 2.53. The van der Waals surface area contributed by atoms with Crippen LogP contribution in [0.2, 0.25) is 0 Å². The SMILES string of the molecule is CCC1CCCCC1(O)C1(C#N)CCC(C)C1. The first-order chi connectivity index (χ1) is 8.08. The van der Waals surface area contributed by atoms with E-state index in [1.165, 1.54) is 6.42 Å². The summed E-state index contributed by atoms with van der Waals surface area (Å²) in [5.41, 5.74) is -1.16. The standard InChI is InChI=1S/C15H25NO/c1-3-13-6-4-5-8-15(13,17)14(11-16)9-7-12(2)10-14/h12-13,17H,3-10H2,1-2H3. The van der Waals surface area contributed by atoms with Gasteiger partial charge < -0.3 is 5.11 Å². The van der Waals surface area contributed by atoms with Crippen LogP contribution in [0.3, 0.4) is 0 Å². The molecule has 0 aromatic heterocycles. The summed E-state index contributed by atoms with van der Waals surface area (Å²) in [6.45, 7) is 4.37. The maximum absolute atomic E-state index is 11.2. The molecule has 0 aromatic rings. The fourth-order valence-corrected chi connectivity index (χ4v) is 4.28. The van der Waals surface area contributed by atoms with Gasteiger partial charge >= 0.3 is 0 Å². The van der Waals surface area contributed by atoms with Crippen LogP contribution in [-0.4, -0.2) is 10.7 Å². The molecule has 0 bridgehead atoms. The normalized spacial score (nSPS) is 46.7. The number of nitriles is 1. The molecule has 2 aliphatic rings. The second kappa shape index (κ2) is 4.61. The molecule has 96 valence electrons. The van der Waals surface area contributed by atoms with E-state index in [0.717, 1.165) is 44.9 Å². The fourth-order valence-electron chi connectivity index (χ4n) is 4.28. The van der Waals surface area contributed by atoms with Crippen LogP contribution < -0.4 is 0 Å². The van der Waals surface area contributed by atoms with Crippen molar-refractivity contribution in [1.29, 1.82) is 5.26 Å². The molecule has 0 amide bonds. The Kier molecular flexibility index (Phi) is 3.50. The lowest BCUT2D eigenvalue weighted by molar-refractivity contribution is -0.125. The van der Waals surface area contributed by atoms with E-state index in [0.29, 0.717) is 11.8 Å². The van der Waals surface area contributed by atoms with Crippen LogP contribution in [0.4, 0.5) is 0 Å². The van der Waals surface area contributed by atoms with Gasteiger partial charge in [0.1, 0.15) is 0 Å². The second-order valence-electron chi connectivity index (χ2n) is 6.32. The molecule has 0 aromatic carbocycles. The molecule has 2 saturated carbocycles. The lowest BCUT2D eigenvalue weighted by Gasteiger charge is -2.48. The predicted molar refractivity (Wildman–Crippen MR) is 68.3 cm³/mol.